The number of amides is 2. The number of hydrogen-bond donors (Lipinski definition) is 2. The summed E-state index contributed by atoms with van der Waals surface area (Å²) < 4.78 is 9.97. The fourth-order valence-corrected chi connectivity index (χ4v) is 1.67. The lowest BCUT2D eigenvalue weighted by Crippen LogP contribution is -2.45. The van der Waals surface area contributed by atoms with E-state index in [1.807, 2.05) is 0 Å². The molecule has 2 unspecified atom stereocenters. The van der Waals surface area contributed by atoms with Gasteiger partial charge in [-0.25, -0.2) is 4.79 Å². The van der Waals surface area contributed by atoms with E-state index in [1.165, 1.54) is 0 Å². The Labute approximate surface area is 87.3 Å². The Hall–Kier alpha value is -1.30. The Kier molecular flexibility index (Phi) is 3.05. The second kappa shape index (κ2) is 4.48. The highest BCUT2D eigenvalue weighted by molar-refractivity contribution is 5.87. The smallest absolute Gasteiger partial charge is 0.407 e. The minimum Gasteiger partial charge on any atom is -0.447 e. The summed E-state index contributed by atoms with van der Waals surface area (Å²) in [6.07, 6.45) is 1.61. The highest BCUT2D eigenvalue weighted by Crippen LogP contribution is 2.10. The molecule has 0 saturated carbocycles. The maximum absolute atomic E-state index is 11.5. The molecule has 2 fully saturated rings. The Morgan fingerprint density at radius 2 is 2.47 bits per heavy atom. The Bertz CT molecular complexity index is 263. The van der Waals surface area contributed by atoms with Crippen molar-refractivity contribution in [2.75, 3.05) is 19.8 Å². The van der Waals surface area contributed by atoms with Crippen molar-refractivity contribution < 1.29 is 19.1 Å². The van der Waals surface area contributed by atoms with E-state index in [9.17, 15) is 9.59 Å². The number of ether oxygens (including phenoxy) is 2. The van der Waals surface area contributed by atoms with Gasteiger partial charge in [0.1, 0.15) is 12.6 Å². The van der Waals surface area contributed by atoms with Crippen LogP contribution in [0.5, 0.6) is 0 Å². The number of alkyl carbamates (subject to hydrolysis) is 1. The third kappa shape index (κ3) is 2.59. The van der Waals surface area contributed by atoms with Gasteiger partial charge in [-0.15, -0.1) is 0 Å². The molecule has 2 N–H and O–H groups in total. The molecule has 2 atom stereocenters. The fourth-order valence-electron chi connectivity index (χ4n) is 1.67. The van der Waals surface area contributed by atoms with Crippen LogP contribution in [0.25, 0.3) is 0 Å². The third-order valence-corrected chi connectivity index (χ3v) is 2.52. The van der Waals surface area contributed by atoms with Crippen molar-refractivity contribution in [3.8, 4) is 0 Å². The van der Waals surface area contributed by atoms with E-state index in [0.717, 1.165) is 19.4 Å². The monoisotopic (exact) mass is 214 g/mol. The van der Waals surface area contributed by atoms with Crippen molar-refractivity contribution in [3.05, 3.63) is 0 Å². The van der Waals surface area contributed by atoms with E-state index in [4.69, 9.17) is 4.74 Å². The summed E-state index contributed by atoms with van der Waals surface area (Å²) in [5, 5.41) is 5.14. The predicted molar refractivity (Wildman–Crippen MR) is 50.3 cm³/mol. The molecule has 0 aromatic carbocycles. The number of hydrogen-bond acceptors (Lipinski definition) is 4. The number of rotatable bonds is 3. The Balaban J connectivity index is 1.70. The third-order valence-electron chi connectivity index (χ3n) is 2.52. The molecule has 0 radical (unpaired) electrons. The van der Waals surface area contributed by atoms with Crippen molar-refractivity contribution in [1.82, 2.24) is 10.6 Å². The zero-order chi connectivity index (χ0) is 10.7. The Morgan fingerprint density at radius 3 is 3.07 bits per heavy atom. The average molecular weight is 214 g/mol. The van der Waals surface area contributed by atoms with Gasteiger partial charge >= 0.3 is 6.09 Å². The summed E-state index contributed by atoms with van der Waals surface area (Å²) >= 11 is 0. The second-order valence-electron chi connectivity index (χ2n) is 3.68. The molecule has 0 aromatic rings. The van der Waals surface area contributed by atoms with Crippen LogP contribution in [0.3, 0.4) is 0 Å². The van der Waals surface area contributed by atoms with E-state index >= 15 is 0 Å². The lowest BCUT2D eigenvalue weighted by atomic mass is 10.2. The zero-order valence-electron chi connectivity index (χ0n) is 8.32. The van der Waals surface area contributed by atoms with Crippen molar-refractivity contribution in [2.45, 2.75) is 25.0 Å². The van der Waals surface area contributed by atoms with Crippen LogP contribution in [0.1, 0.15) is 12.8 Å². The molecule has 15 heavy (non-hydrogen) atoms. The summed E-state index contributed by atoms with van der Waals surface area (Å²) in [7, 11) is 0. The largest absolute Gasteiger partial charge is 0.447 e. The SMILES string of the molecule is O=C1NC(C(=O)NCC2CCCO2)CO1. The quantitative estimate of drug-likeness (QED) is 0.657. The van der Waals surface area contributed by atoms with Gasteiger partial charge in [-0.3, -0.25) is 4.79 Å². The summed E-state index contributed by atoms with van der Waals surface area (Å²) in [5.41, 5.74) is 0. The standard InChI is InChI=1S/C9H14N2O4/c12-8(7-5-15-9(13)11-7)10-4-6-2-1-3-14-6/h6-7H,1-5H2,(H,10,12)(H,11,13). The molecule has 0 aliphatic carbocycles. The molecule has 2 amide bonds. The van der Waals surface area contributed by atoms with Gasteiger partial charge in [-0.05, 0) is 12.8 Å². The van der Waals surface area contributed by atoms with Gasteiger partial charge in [0.05, 0.1) is 6.10 Å². The summed E-state index contributed by atoms with van der Waals surface area (Å²) in [6.45, 7) is 1.38. The van der Waals surface area contributed by atoms with Crippen LogP contribution in [0.2, 0.25) is 0 Å². The second-order valence-corrected chi connectivity index (χ2v) is 3.68. The molecule has 2 rings (SSSR count). The molecular weight excluding hydrogens is 200 g/mol. The minimum atomic E-state index is -0.557. The maximum Gasteiger partial charge on any atom is 0.407 e. The number of carbonyl (C=O) groups is 2. The van der Waals surface area contributed by atoms with Gasteiger partial charge in [-0.2, -0.15) is 0 Å². The molecule has 0 spiro atoms. The first kappa shape index (κ1) is 10.2. The molecule has 6 nitrogen and oxygen atoms in total. The first-order chi connectivity index (χ1) is 7.25. The zero-order valence-corrected chi connectivity index (χ0v) is 8.32. The summed E-state index contributed by atoms with van der Waals surface area (Å²) in [4.78, 5) is 22.2. The normalized spacial score (nSPS) is 29.7. The highest BCUT2D eigenvalue weighted by atomic mass is 16.6. The van der Waals surface area contributed by atoms with E-state index in [-0.39, 0.29) is 18.6 Å². The molecule has 2 aliphatic heterocycles. The van der Waals surface area contributed by atoms with Crippen LogP contribution in [0.15, 0.2) is 0 Å². The van der Waals surface area contributed by atoms with Gasteiger partial charge in [0.25, 0.3) is 0 Å². The van der Waals surface area contributed by atoms with Crippen molar-refractivity contribution in [3.63, 3.8) is 0 Å². The van der Waals surface area contributed by atoms with Gasteiger partial charge in [0, 0.05) is 13.2 Å². The van der Waals surface area contributed by atoms with Gasteiger partial charge in [0.2, 0.25) is 5.91 Å². The first-order valence-electron chi connectivity index (χ1n) is 5.08. The molecule has 0 bridgehead atoms. The molecule has 6 heteroatoms. The molecule has 2 saturated heterocycles. The average Bonchev–Trinajstić information content (AvgIpc) is 2.84. The minimum absolute atomic E-state index is 0.107. The topological polar surface area (TPSA) is 76.7 Å². The van der Waals surface area contributed by atoms with E-state index in [2.05, 4.69) is 15.4 Å². The van der Waals surface area contributed by atoms with Crippen LogP contribution in [0.4, 0.5) is 4.79 Å². The fraction of sp³-hybridized carbons (Fsp3) is 0.778. The van der Waals surface area contributed by atoms with Crippen molar-refractivity contribution in [1.29, 1.82) is 0 Å². The van der Waals surface area contributed by atoms with Gasteiger partial charge < -0.3 is 20.1 Å². The van der Waals surface area contributed by atoms with Crippen molar-refractivity contribution >= 4 is 12.0 Å². The number of nitrogens with one attached hydrogen (secondary N) is 2. The Morgan fingerprint density at radius 1 is 1.60 bits per heavy atom. The van der Waals surface area contributed by atoms with E-state index in [0.29, 0.717) is 6.54 Å². The predicted octanol–water partition coefficient (Wildman–Crippen LogP) is -0.610. The van der Waals surface area contributed by atoms with Crippen LogP contribution in [0, 0.1) is 0 Å². The molecule has 0 aromatic heterocycles. The maximum atomic E-state index is 11.5. The number of carbonyl (C=O) groups excluding carboxylic acids is 2. The lowest BCUT2D eigenvalue weighted by Gasteiger charge is -2.12. The van der Waals surface area contributed by atoms with Crippen LogP contribution >= 0.6 is 0 Å². The van der Waals surface area contributed by atoms with E-state index < -0.39 is 12.1 Å². The van der Waals surface area contributed by atoms with Gasteiger partial charge in [0.15, 0.2) is 0 Å². The van der Waals surface area contributed by atoms with Crippen LogP contribution in [-0.2, 0) is 14.3 Å². The number of cyclic esters (lactones) is 1. The van der Waals surface area contributed by atoms with Gasteiger partial charge in [-0.1, -0.05) is 0 Å². The lowest BCUT2D eigenvalue weighted by molar-refractivity contribution is -0.123. The van der Waals surface area contributed by atoms with Crippen molar-refractivity contribution in [2.24, 2.45) is 0 Å². The van der Waals surface area contributed by atoms with Crippen LogP contribution in [-0.4, -0.2) is 43.9 Å². The first-order valence-corrected chi connectivity index (χ1v) is 5.08. The molecular formula is C9H14N2O4. The molecule has 2 heterocycles. The van der Waals surface area contributed by atoms with E-state index in [1.54, 1.807) is 0 Å². The molecule has 2 aliphatic rings. The highest BCUT2D eigenvalue weighted by Gasteiger charge is 2.29. The molecule has 84 valence electrons. The summed E-state index contributed by atoms with van der Waals surface area (Å²) in [6, 6.07) is -0.557. The van der Waals surface area contributed by atoms with Crippen LogP contribution < -0.4 is 10.6 Å². The summed E-state index contributed by atoms with van der Waals surface area (Å²) in [5.74, 6) is -0.212.